The second-order valence-electron chi connectivity index (χ2n) is 4.85. The van der Waals surface area contributed by atoms with Gasteiger partial charge in [-0.05, 0) is 26.7 Å². The molecule has 0 spiro atoms. The summed E-state index contributed by atoms with van der Waals surface area (Å²) < 4.78 is 11.3. The molecule has 0 aromatic carbocycles. The molecule has 0 saturated carbocycles. The van der Waals surface area contributed by atoms with E-state index in [2.05, 4.69) is 13.8 Å². The molecule has 17 heavy (non-hydrogen) atoms. The van der Waals surface area contributed by atoms with Crippen molar-refractivity contribution < 1.29 is 14.6 Å². The summed E-state index contributed by atoms with van der Waals surface area (Å²) in [6, 6.07) is 0. The smallest absolute Gasteiger partial charge is 0.0781 e. The standard InChI is InChI=1S/C14H30O3/c1-5-7-8-9-14(6-2)17-11-13(4)16-10-12(3)15/h12-15H,5-11H2,1-4H3. The minimum Gasteiger partial charge on any atom is -0.391 e. The number of hydrogen-bond donors (Lipinski definition) is 1. The second kappa shape index (κ2) is 11.0. The van der Waals surface area contributed by atoms with Crippen LogP contribution in [0.2, 0.25) is 0 Å². The minimum atomic E-state index is -0.399. The van der Waals surface area contributed by atoms with Gasteiger partial charge in [0.1, 0.15) is 0 Å². The zero-order valence-corrected chi connectivity index (χ0v) is 11.9. The van der Waals surface area contributed by atoms with Gasteiger partial charge in [0.2, 0.25) is 0 Å². The van der Waals surface area contributed by atoms with Crippen LogP contribution in [0.3, 0.4) is 0 Å². The number of rotatable bonds is 11. The molecule has 0 amide bonds. The summed E-state index contributed by atoms with van der Waals surface area (Å²) in [6.45, 7) is 9.11. The van der Waals surface area contributed by atoms with Gasteiger partial charge in [-0.2, -0.15) is 0 Å². The normalized spacial score (nSPS) is 16.8. The molecule has 0 rings (SSSR count). The third-order valence-corrected chi connectivity index (χ3v) is 2.77. The first-order chi connectivity index (χ1) is 8.10. The lowest BCUT2D eigenvalue weighted by atomic mass is 10.1. The Morgan fingerprint density at radius 1 is 1.00 bits per heavy atom. The summed E-state index contributed by atoms with van der Waals surface area (Å²) in [5, 5.41) is 9.10. The molecule has 1 N–H and O–H groups in total. The maximum absolute atomic E-state index is 9.10. The van der Waals surface area contributed by atoms with Crippen LogP contribution in [0.1, 0.15) is 59.8 Å². The molecule has 0 aliphatic rings. The quantitative estimate of drug-likeness (QED) is 0.569. The molecular formula is C14H30O3. The van der Waals surface area contributed by atoms with Crippen LogP contribution >= 0.6 is 0 Å². The molecule has 3 heteroatoms. The average molecular weight is 246 g/mol. The highest BCUT2D eigenvalue weighted by atomic mass is 16.5. The van der Waals surface area contributed by atoms with Crippen molar-refractivity contribution in [1.82, 2.24) is 0 Å². The van der Waals surface area contributed by atoms with Crippen molar-refractivity contribution in [3.05, 3.63) is 0 Å². The fraction of sp³-hybridized carbons (Fsp3) is 1.00. The molecule has 0 aliphatic heterocycles. The molecule has 104 valence electrons. The van der Waals surface area contributed by atoms with E-state index in [1.807, 2.05) is 6.92 Å². The van der Waals surface area contributed by atoms with Crippen LogP contribution in [0.15, 0.2) is 0 Å². The van der Waals surface area contributed by atoms with Crippen LogP contribution in [0.25, 0.3) is 0 Å². The van der Waals surface area contributed by atoms with Gasteiger partial charge in [-0.25, -0.2) is 0 Å². The molecule has 0 radical (unpaired) electrons. The minimum absolute atomic E-state index is 0.0600. The second-order valence-corrected chi connectivity index (χ2v) is 4.85. The van der Waals surface area contributed by atoms with Crippen molar-refractivity contribution >= 4 is 0 Å². The number of unbranched alkanes of at least 4 members (excludes halogenated alkanes) is 2. The summed E-state index contributed by atoms with van der Waals surface area (Å²) in [7, 11) is 0. The maximum atomic E-state index is 9.10. The Morgan fingerprint density at radius 2 is 1.71 bits per heavy atom. The maximum Gasteiger partial charge on any atom is 0.0781 e. The van der Waals surface area contributed by atoms with Crippen LogP contribution in [0.4, 0.5) is 0 Å². The predicted octanol–water partition coefficient (Wildman–Crippen LogP) is 3.15. The zero-order chi connectivity index (χ0) is 13.1. The van der Waals surface area contributed by atoms with Gasteiger partial charge in [0.05, 0.1) is 31.5 Å². The third-order valence-electron chi connectivity index (χ3n) is 2.77. The molecule has 0 aliphatic carbocycles. The average Bonchev–Trinajstić information content (AvgIpc) is 2.31. The molecule has 0 aromatic heterocycles. The summed E-state index contributed by atoms with van der Waals surface area (Å²) in [5.41, 5.74) is 0. The molecule has 3 atom stereocenters. The van der Waals surface area contributed by atoms with E-state index in [1.54, 1.807) is 6.92 Å². The Labute approximate surface area is 107 Å². The Morgan fingerprint density at radius 3 is 2.24 bits per heavy atom. The lowest BCUT2D eigenvalue weighted by molar-refractivity contribution is -0.0588. The lowest BCUT2D eigenvalue weighted by Crippen LogP contribution is -2.24. The van der Waals surface area contributed by atoms with Gasteiger partial charge >= 0.3 is 0 Å². The van der Waals surface area contributed by atoms with Gasteiger partial charge in [0.25, 0.3) is 0 Å². The van der Waals surface area contributed by atoms with Gasteiger partial charge in [-0.3, -0.25) is 0 Å². The molecule has 3 nitrogen and oxygen atoms in total. The van der Waals surface area contributed by atoms with E-state index in [-0.39, 0.29) is 6.10 Å². The Balaban J connectivity index is 3.59. The molecule has 0 aromatic rings. The summed E-state index contributed by atoms with van der Waals surface area (Å²) in [4.78, 5) is 0. The zero-order valence-electron chi connectivity index (χ0n) is 11.9. The highest BCUT2D eigenvalue weighted by Crippen LogP contribution is 2.10. The topological polar surface area (TPSA) is 38.7 Å². The van der Waals surface area contributed by atoms with Gasteiger partial charge in [-0.15, -0.1) is 0 Å². The van der Waals surface area contributed by atoms with E-state index in [9.17, 15) is 0 Å². The van der Waals surface area contributed by atoms with Crippen molar-refractivity contribution in [3.63, 3.8) is 0 Å². The number of aliphatic hydroxyl groups excluding tert-OH is 1. The van der Waals surface area contributed by atoms with Gasteiger partial charge in [0, 0.05) is 0 Å². The van der Waals surface area contributed by atoms with Crippen LogP contribution in [0, 0.1) is 0 Å². The largest absolute Gasteiger partial charge is 0.391 e. The highest BCUT2D eigenvalue weighted by molar-refractivity contribution is 4.58. The van der Waals surface area contributed by atoms with Crippen LogP contribution in [0.5, 0.6) is 0 Å². The van der Waals surface area contributed by atoms with Crippen molar-refractivity contribution in [2.24, 2.45) is 0 Å². The van der Waals surface area contributed by atoms with Crippen LogP contribution < -0.4 is 0 Å². The van der Waals surface area contributed by atoms with E-state index in [4.69, 9.17) is 14.6 Å². The van der Waals surface area contributed by atoms with Crippen molar-refractivity contribution in [2.75, 3.05) is 13.2 Å². The molecule has 3 unspecified atom stereocenters. The van der Waals surface area contributed by atoms with Gasteiger partial charge in [0.15, 0.2) is 0 Å². The van der Waals surface area contributed by atoms with E-state index in [0.717, 1.165) is 12.8 Å². The molecule has 0 heterocycles. The SMILES string of the molecule is CCCCCC(CC)OCC(C)OCC(C)O. The number of ether oxygens (including phenoxy) is 2. The van der Waals surface area contributed by atoms with E-state index >= 15 is 0 Å². The third kappa shape index (κ3) is 10.7. The molecule has 0 saturated heterocycles. The highest BCUT2D eigenvalue weighted by Gasteiger charge is 2.10. The number of aliphatic hydroxyl groups is 1. The van der Waals surface area contributed by atoms with Crippen molar-refractivity contribution in [1.29, 1.82) is 0 Å². The van der Waals surface area contributed by atoms with E-state index in [1.165, 1.54) is 19.3 Å². The molecular weight excluding hydrogens is 216 g/mol. The van der Waals surface area contributed by atoms with E-state index < -0.39 is 6.10 Å². The predicted molar refractivity (Wildman–Crippen MR) is 71.3 cm³/mol. The van der Waals surface area contributed by atoms with Gasteiger partial charge < -0.3 is 14.6 Å². The fourth-order valence-electron chi connectivity index (χ4n) is 1.65. The molecule has 0 fully saturated rings. The first-order valence-electron chi connectivity index (χ1n) is 7.01. The fourth-order valence-corrected chi connectivity index (χ4v) is 1.65. The Bertz CT molecular complexity index is 160. The summed E-state index contributed by atoms with van der Waals surface area (Å²) in [5.74, 6) is 0. The van der Waals surface area contributed by atoms with Crippen LogP contribution in [-0.2, 0) is 9.47 Å². The lowest BCUT2D eigenvalue weighted by Gasteiger charge is -2.20. The first-order valence-corrected chi connectivity index (χ1v) is 7.01. The van der Waals surface area contributed by atoms with Gasteiger partial charge in [-0.1, -0.05) is 33.1 Å². The monoisotopic (exact) mass is 246 g/mol. The first kappa shape index (κ1) is 16.9. The molecule has 0 bridgehead atoms. The number of hydrogen-bond acceptors (Lipinski definition) is 3. The summed E-state index contributed by atoms with van der Waals surface area (Å²) in [6.07, 6.45) is 6.02. The van der Waals surface area contributed by atoms with Crippen molar-refractivity contribution in [2.45, 2.75) is 78.1 Å². The van der Waals surface area contributed by atoms with Crippen LogP contribution in [-0.4, -0.2) is 36.6 Å². The van der Waals surface area contributed by atoms with E-state index in [0.29, 0.717) is 19.3 Å². The summed E-state index contributed by atoms with van der Waals surface area (Å²) >= 11 is 0. The Hall–Kier alpha value is -0.120. The van der Waals surface area contributed by atoms with Crippen molar-refractivity contribution in [3.8, 4) is 0 Å². The Kier molecular flexibility index (Phi) is 10.9.